The largest absolute Gasteiger partial charge is 0.480 e. The molecule has 108 valence electrons. The van der Waals surface area contributed by atoms with Crippen LogP contribution in [0.25, 0.3) is 0 Å². The normalized spacial score (nSPS) is 22.1. The van der Waals surface area contributed by atoms with Gasteiger partial charge in [-0.15, -0.1) is 0 Å². The highest BCUT2D eigenvalue weighted by molar-refractivity contribution is 5.80. The number of nitrogens with zero attached hydrogens (tertiary/aromatic N) is 2. The molecule has 0 aromatic heterocycles. The Morgan fingerprint density at radius 1 is 1.26 bits per heavy atom. The van der Waals surface area contributed by atoms with Crippen molar-refractivity contribution in [3.8, 4) is 0 Å². The monoisotopic (exact) mass is 268 g/mol. The lowest BCUT2D eigenvalue weighted by Gasteiger charge is -2.39. The summed E-state index contributed by atoms with van der Waals surface area (Å²) in [7, 11) is 0. The maximum absolute atomic E-state index is 12.4. The van der Waals surface area contributed by atoms with Gasteiger partial charge in [0, 0.05) is 19.6 Å². The summed E-state index contributed by atoms with van der Waals surface area (Å²) in [6.45, 7) is 6.35. The smallest absolute Gasteiger partial charge is 0.323 e. The van der Waals surface area contributed by atoms with Crippen molar-refractivity contribution >= 4 is 12.0 Å². The molecule has 1 saturated carbocycles. The highest BCUT2D eigenvalue weighted by Gasteiger charge is 2.33. The summed E-state index contributed by atoms with van der Waals surface area (Å²) in [5.41, 5.74) is 0.297. The topological polar surface area (TPSA) is 60.9 Å². The molecule has 0 bridgehead atoms. The number of likely N-dealkylation sites (tertiary alicyclic amines) is 1. The Morgan fingerprint density at radius 3 is 2.32 bits per heavy atom. The van der Waals surface area contributed by atoms with Crippen LogP contribution in [0, 0.1) is 11.3 Å². The van der Waals surface area contributed by atoms with Gasteiger partial charge >= 0.3 is 12.0 Å². The first-order valence-electron chi connectivity index (χ1n) is 7.13. The van der Waals surface area contributed by atoms with Crippen LogP contribution in [0.5, 0.6) is 0 Å². The molecule has 1 heterocycles. The van der Waals surface area contributed by atoms with Crippen molar-refractivity contribution in [2.75, 3.05) is 26.2 Å². The number of piperidine rings is 1. The molecule has 0 radical (unpaired) electrons. The van der Waals surface area contributed by atoms with Crippen molar-refractivity contribution in [2.24, 2.45) is 11.3 Å². The zero-order valence-corrected chi connectivity index (χ0v) is 11.9. The highest BCUT2D eigenvalue weighted by atomic mass is 16.4. The molecule has 0 aromatic rings. The molecular formula is C14H24N2O3. The zero-order chi connectivity index (χ0) is 14.0. The van der Waals surface area contributed by atoms with Gasteiger partial charge in [0.05, 0.1) is 0 Å². The van der Waals surface area contributed by atoms with Crippen LogP contribution in [-0.4, -0.2) is 53.1 Å². The second kappa shape index (κ2) is 5.39. The Bertz CT molecular complexity index is 354. The van der Waals surface area contributed by atoms with Crippen LogP contribution in [0.2, 0.25) is 0 Å². The molecular weight excluding hydrogens is 244 g/mol. The van der Waals surface area contributed by atoms with Crippen LogP contribution in [0.3, 0.4) is 0 Å². The van der Waals surface area contributed by atoms with Gasteiger partial charge < -0.3 is 14.9 Å². The van der Waals surface area contributed by atoms with E-state index in [-0.39, 0.29) is 12.6 Å². The number of carboxylic acids is 1. The Balaban J connectivity index is 1.92. The number of aliphatic carboxylic acids is 1. The van der Waals surface area contributed by atoms with E-state index < -0.39 is 5.97 Å². The quantitative estimate of drug-likeness (QED) is 0.848. The fourth-order valence-corrected chi connectivity index (χ4v) is 2.49. The molecule has 0 aromatic carbocycles. The third-order valence-corrected chi connectivity index (χ3v) is 4.16. The van der Waals surface area contributed by atoms with Crippen molar-refractivity contribution in [3.05, 3.63) is 0 Å². The Kier molecular flexibility index (Phi) is 4.02. The van der Waals surface area contributed by atoms with Gasteiger partial charge in [-0.25, -0.2) is 4.79 Å². The maximum Gasteiger partial charge on any atom is 0.323 e. The van der Waals surface area contributed by atoms with E-state index in [1.807, 2.05) is 4.90 Å². The van der Waals surface area contributed by atoms with Gasteiger partial charge in [-0.2, -0.15) is 0 Å². The number of carbonyl (C=O) groups excluding carboxylic acids is 1. The van der Waals surface area contributed by atoms with Crippen LogP contribution in [0.4, 0.5) is 4.79 Å². The van der Waals surface area contributed by atoms with Crippen molar-refractivity contribution in [1.82, 2.24) is 9.80 Å². The summed E-state index contributed by atoms with van der Waals surface area (Å²) in [4.78, 5) is 26.6. The average molecular weight is 268 g/mol. The lowest BCUT2D eigenvalue weighted by Crippen LogP contribution is -2.49. The minimum absolute atomic E-state index is 0.0928. The molecule has 2 fully saturated rings. The molecule has 2 rings (SSSR count). The van der Waals surface area contributed by atoms with Crippen molar-refractivity contribution in [1.29, 1.82) is 0 Å². The Hall–Kier alpha value is -1.26. The molecule has 0 atom stereocenters. The molecule has 0 spiro atoms. The van der Waals surface area contributed by atoms with E-state index >= 15 is 0 Å². The number of hydrogen-bond acceptors (Lipinski definition) is 2. The van der Waals surface area contributed by atoms with E-state index in [0.717, 1.165) is 38.8 Å². The van der Waals surface area contributed by atoms with E-state index in [1.54, 1.807) is 0 Å². The fraction of sp³-hybridized carbons (Fsp3) is 0.857. The minimum atomic E-state index is -0.925. The van der Waals surface area contributed by atoms with E-state index in [1.165, 1.54) is 4.90 Å². The van der Waals surface area contributed by atoms with E-state index in [4.69, 9.17) is 5.11 Å². The molecule has 2 amide bonds. The number of urea groups is 1. The predicted octanol–water partition coefficient (Wildman–Crippen LogP) is 2.02. The van der Waals surface area contributed by atoms with Crippen LogP contribution >= 0.6 is 0 Å². The summed E-state index contributed by atoms with van der Waals surface area (Å²) < 4.78 is 0. The molecule has 19 heavy (non-hydrogen) atoms. The first-order valence-corrected chi connectivity index (χ1v) is 7.13. The molecule has 1 N–H and O–H groups in total. The zero-order valence-electron chi connectivity index (χ0n) is 11.9. The number of amides is 2. The van der Waals surface area contributed by atoms with Gasteiger partial charge in [-0.3, -0.25) is 4.79 Å². The molecule has 5 heteroatoms. The Morgan fingerprint density at radius 2 is 1.84 bits per heavy atom. The Labute approximate surface area is 114 Å². The van der Waals surface area contributed by atoms with Crippen LogP contribution in [0.15, 0.2) is 0 Å². The number of carbonyl (C=O) groups is 2. The molecule has 1 aliphatic carbocycles. The molecule has 1 aliphatic heterocycles. The summed E-state index contributed by atoms with van der Waals surface area (Å²) >= 11 is 0. The van der Waals surface area contributed by atoms with Gasteiger partial charge in [0.15, 0.2) is 0 Å². The van der Waals surface area contributed by atoms with E-state index in [9.17, 15) is 9.59 Å². The van der Waals surface area contributed by atoms with Gasteiger partial charge in [-0.05, 0) is 37.0 Å². The molecule has 1 saturated heterocycles. The number of rotatable bonds is 4. The highest BCUT2D eigenvalue weighted by Crippen LogP contribution is 2.32. The van der Waals surface area contributed by atoms with Crippen LogP contribution in [-0.2, 0) is 4.79 Å². The maximum atomic E-state index is 12.4. The predicted molar refractivity (Wildman–Crippen MR) is 71.9 cm³/mol. The van der Waals surface area contributed by atoms with Crippen molar-refractivity contribution in [3.63, 3.8) is 0 Å². The van der Waals surface area contributed by atoms with Gasteiger partial charge in [0.1, 0.15) is 6.54 Å². The molecule has 5 nitrogen and oxygen atoms in total. The van der Waals surface area contributed by atoms with Gasteiger partial charge in [-0.1, -0.05) is 13.8 Å². The van der Waals surface area contributed by atoms with Crippen LogP contribution in [0.1, 0.15) is 39.5 Å². The second-order valence-corrected chi connectivity index (χ2v) is 6.65. The first kappa shape index (κ1) is 14.2. The third kappa shape index (κ3) is 4.11. The summed E-state index contributed by atoms with van der Waals surface area (Å²) in [5.74, 6) is -0.407. The lowest BCUT2D eigenvalue weighted by molar-refractivity contribution is -0.137. The third-order valence-electron chi connectivity index (χ3n) is 4.16. The van der Waals surface area contributed by atoms with E-state index in [0.29, 0.717) is 17.9 Å². The summed E-state index contributed by atoms with van der Waals surface area (Å²) in [5, 5.41) is 8.94. The van der Waals surface area contributed by atoms with E-state index in [2.05, 4.69) is 13.8 Å². The molecule has 0 unspecified atom stereocenters. The van der Waals surface area contributed by atoms with Crippen molar-refractivity contribution in [2.45, 2.75) is 39.5 Å². The first-order chi connectivity index (χ1) is 8.87. The average Bonchev–Trinajstić information content (AvgIpc) is 3.10. The molecule has 2 aliphatic rings. The standard InChI is InChI=1S/C14H24N2O3/c1-14(2)5-7-15(8-6-14)13(19)16(10-12(17)18)9-11-3-4-11/h11H,3-10H2,1-2H3,(H,17,18). The second-order valence-electron chi connectivity index (χ2n) is 6.65. The summed E-state index contributed by atoms with van der Waals surface area (Å²) in [6.07, 6.45) is 4.22. The SMILES string of the molecule is CC1(C)CCN(C(=O)N(CC(=O)O)CC2CC2)CC1. The van der Waals surface area contributed by atoms with Crippen LogP contribution < -0.4 is 0 Å². The number of hydrogen-bond donors (Lipinski definition) is 1. The minimum Gasteiger partial charge on any atom is -0.480 e. The van der Waals surface area contributed by atoms with Crippen molar-refractivity contribution < 1.29 is 14.7 Å². The van der Waals surface area contributed by atoms with Gasteiger partial charge in [0.25, 0.3) is 0 Å². The summed E-state index contributed by atoms with van der Waals surface area (Å²) in [6, 6.07) is -0.0928. The number of carboxylic acid groups (broad SMARTS) is 1. The fourth-order valence-electron chi connectivity index (χ4n) is 2.49. The van der Waals surface area contributed by atoms with Gasteiger partial charge in [0.2, 0.25) is 0 Å². The lowest BCUT2D eigenvalue weighted by atomic mass is 9.83.